The first-order valence-corrected chi connectivity index (χ1v) is 30.2. The summed E-state index contributed by atoms with van der Waals surface area (Å²) in [4.78, 5) is 43.5. The van der Waals surface area contributed by atoms with Crippen molar-refractivity contribution in [3.63, 3.8) is 0 Å². The van der Waals surface area contributed by atoms with E-state index in [0.29, 0.717) is 19.4 Å². The Morgan fingerprint density at radius 1 is 0.309 bits per heavy atom. The molecule has 0 aromatic carbocycles. The highest BCUT2D eigenvalue weighted by molar-refractivity contribution is 5.70. The quantitative estimate of drug-likeness (QED) is 0.0341. The van der Waals surface area contributed by atoms with Crippen molar-refractivity contribution in [2.75, 3.05) is 33.7 Å². The van der Waals surface area contributed by atoms with E-state index in [1.54, 1.807) is 0 Å². The van der Waals surface area contributed by atoms with E-state index in [0.717, 1.165) is 161 Å². The first kappa shape index (κ1) is 66.2. The van der Waals surface area contributed by atoms with Crippen LogP contribution in [0.25, 0.3) is 0 Å². The second-order valence-electron chi connectivity index (χ2n) is 21.2. The Morgan fingerprint density at radius 3 is 0.897 bits per heavy atom. The highest BCUT2D eigenvalue weighted by Gasteiger charge is 2.21. The third kappa shape index (κ3) is 45.3. The maximum atomic E-state index is 13.8. The first-order valence-electron chi connectivity index (χ1n) is 30.2. The first-order chi connectivity index (χ1) is 33.2. The predicted octanol–water partition coefficient (Wildman–Crippen LogP) is 18.4. The van der Waals surface area contributed by atoms with Crippen LogP contribution in [0, 0.1) is 0 Å². The Hall–Kier alpha value is -1.83. The van der Waals surface area contributed by atoms with E-state index in [2.05, 4.69) is 53.6 Å². The van der Waals surface area contributed by atoms with E-state index in [1.807, 2.05) is 4.90 Å². The predicted molar refractivity (Wildman–Crippen MR) is 292 cm³/mol. The van der Waals surface area contributed by atoms with Gasteiger partial charge in [-0.1, -0.05) is 208 Å². The summed E-state index contributed by atoms with van der Waals surface area (Å²) in [5.41, 5.74) is 0. The van der Waals surface area contributed by atoms with Crippen LogP contribution in [0.5, 0.6) is 0 Å². The van der Waals surface area contributed by atoms with Crippen LogP contribution >= 0.6 is 0 Å². The molecule has 0 N–H and O–H groups in total. The Morgan fingerprint density at radius 2 is 0.574 bits per heavy atom. The van der Waals surface area contributed by atoms with Crippen LogP contribution in [0.1, 0.15) is 317 Å². The molecule has 0 spiro atoms. The minimum Gasteiger partial charge on any atom is -0.462 e. The van der Waals surface area contributed by atoms with Gasteiger partial charge in [0.15, 0.2) is 0 Å². The topological polar surface area (TPSA) is 85.4 Å². The van der Waals surface area contributed by atoms with Crippen LogP contribution in [-0.4, -0.2) is 79.9 Å². The van der Waals surface area contributed by atoms with Crippen LogP contribution in [0.15, 0.2) is 0 Å². The normalized spacial score (nSPS) is 11.7. The number of hydrogen-bond donors (Lipinski definition) is 0. The summed E-state index contributed by atoms with van der Waals surface area (Å²) in [6, 6.07) is 0. The maximum absolute atomic E-state index is 13.8. The SMILES string of the molecule is CCCCCCCCCCN(CCN(C)C)C(=O)OC(CCCCCCCCC(=O)OC(CCCCCC)CCCCCC)CCCCCCCCC(=O)OC(CCCCCC)CCCCCC. The number of carbonyl (C=O) groups is 3. The van der Waals surface area contributed by atoms with E-state index >= 15 is 0 Å². The van der Waals surface area contributed by atoms with Gasteiger partial charge in [0.05, 0.1) is 0 Å². The largest absolute Gasteiger partial charge is 0.462 e. The molecule has 0 aliphatic carbocycles. The summed E-state index contributed by atoms with van der Waals surface area (Å²) >= 11 is 0. The number of unbranched alkanes of at least 4 members (excludes halogenated alkanes) is 29. The van der Waals surface area contributed by atoms with Crippen molar-refractivity contribution in [1.29, 1.82) is 0 Å². The number of likely N-dealkylation sites (N-methyl/N-ethyl adjacent to an activating group) is 1. The third-order valence-electron chi connectivity index (χ3n) is 14.1. The zero-order chi connectivity index (χ0) is 50.0. The van der Waals surface area contributed by atoms with Gasteiger partial charge in [0.25, 0.3) is 0 Å². The number of ether oxygens (including phenoxy) is 3. The fraction of sp³-hybridized carbons (Fsp3) is 0.950. The number of carbonyl (C=O) groups excluding carboxylic acids is 3. The molecule has 0 radical (unpaired) electrons. The Labute approximate surface area is 424 Å². The highest BCUT2D eigenvalue weighted by atomic mass is 16.6. The molecule has 0 aromatic heterocycles. The average Bonchev–Trinajstić information content (AvgIpc) is 3.32. The van der Waals surface area contributed by atoms with Crippen molar-refractivity contribution < 1.29 is 28.6 Å². The molecule has 0 saturated carbocycles. The summed E-state index contributed by atoms with van der Waals surface area (Å²) in [6.45, 7) is 13.5. The number of amides is 1. The lowest BCUT2D eigenvalue weighted by Crippen LogP contribution is -2.39. The van der Waals surface area contributed by atoms with Crippen molar-refractivity contribution in [3.8, 4) is 0 Å². The molecule has 0 heterocycles. The molecular formula is C60H118N2O6. The molecule has 0 saturated heterocycles. The van der Waals surface area contributed by atoms with Gasteiger partial charge in [-0.15, -0.1) is 0 Å². The molecule has 0 aliphatic heterocycles. The molecule has 404 valence electrons. The Balaban J connectivity index is 5.02. The van der Waals surface area contributed by atoms with Gasteiger partial charge in [-0.3, -0.25) is 9.59 Å². The number of hydrogen-bond acceptors (Lipinski definition) is 7. The van der Waals surface area contributed by atoms with Crippen LogP contribution < -0.4 is 0 Å². The van der Waals surface area contributed by atoms with Crippen molar-refractivity contribution in [1.82, 2.24) is 9.80 Å². The molecule has 0 bridgehead atoms. The number of rotatable bonds is 53. The standard InChI is InChI=1S/C60H118N2O6/c1-8-13-18-23-24-29-34-43-52-62(54-53-61(6)7)60(65)68-57(48-39-30-25-27-32-41-50-58(63)66-55(44-35-19-14-9-2)45-36-20-15-10-3)49-40-31-26-28-33-42-51-59(64)67-56(46-37-21-16-11-4)47-38-22-17-12-5/h55-57H,8-54H2,1-7H3. The lowest BCUT2D eigenvalue weighted by molar-refractivity contribution is -0.151. The highest BCUT2D eigenvalue weighted by Crippen LogP contribution is 2.22. The number of esters is 2. The van der Waals surface area contributed by atoms with Crippen molar-refractivity contribution >= 4 is 18.0 Å². The van der Waals surface area contributed by atoms with Gasteiger partial charge < -0.3 is 24.0 Å². The molecule has 0 atom stereocenters. The average molecular weight is 964 g/mol. The van der Waals surface area contributed by atoms with Gasteiger partial charge >= 0.3 is 18.0 Å². The smallest absolute Gasteiger partial charge is 0.410 e. The number of nitrogens with zero attached hydrogens (tertiary/aromatic N) is 2. The molecule has 0 aliphatic rings. The van der Waals surface area contributed by atoms with Crippen molar-refractivity contribution in [3.05, 3.63) is 0 Å². The van der Waals surface area contributed by atoms with Crippen LogP contribution in [0.4, 0.5) is 4.79 Å². The maximum Gasteiger partial charge on any atom is 0.410 e. The van der Waals surface area contributed by atoms with E-state index in [-0.39, 0.29) is 36.3 Å². The second kappa shape index (κ2) is 51.5. The van der Waals surface area contributed by atoms with E-state index in [9.17, 15) is 14.4 Å². The zero-order valence-corrected chi connectivity index (χ0v) is 46.8. The molecule has 0 rings (SSSR count). The van der Waals surface area contributed by atoms with Gasteiger partial charge in [-0.05, 0) is 110 Å². The molecule has 0 aromatic rings. The Bertz CT molecular complexity index is 1000. The molecule has 8 heteroatoms. The molecule has 1 amide bonds. The van der Waals surface area contributed by atoms with E-state index < -0.39 is 0 Å². The van der Waals surface area contributed by atoms with Gasteiger partial charge in [-0.25, -0.2) is 4.79 Å². The molecule has 0 unspecified atom stereocenters. The summed E-state index contributed by atoms with van der Waals surface area (Å²) in [7, 11) is 4.15. The Kier molecular flexibility index (Phi) is 50.1. The zero-order valence-electron chi connectivity index (χ0n) is 46.8. The monoisotopic (exact) mass is 963 g/mol. The summed E-state index contributed by atoms with van der Waals surface area (Å²) in [6.07, 6.45) is 49.4. The molecule has 8 nitrogen and oxygen atoms in total. The van der Waals surface area contributed by atoms with E-state index in [1.165, 1.54) is 122 Å². The lowest BCUT2D eigenvalue weighted by atomic mass is 10.0. The van der Waals surface area contributed by atoms with Crippen LogP contribution in [0.2, 0.25) is 0 Å². The van der Waals surface area contributed by atoms with Crippen LogP contribution in [0.3, 0.4) is 0 Å². The third-order valence-corrected chi connectivity index (χ3v) is 14.1. The summed E-state index contributed by atoms with van der Waals surface area (Å²) < 4.78 is 18.4. The minimum atomic E-state index is -0.133. The molecule has 0 fully saturated rings. The second-order valence-corrected chi connectivity index (χ2v) is 21.2. The van der Waals surface area contributed by atoms with Gasteiger partial charge in [0.1, 0.15) is 18.3 Å². The van der Waals surface area contributed by atoms with Gasteiger partial charge in [0, 0.05) is 32.5 Å². The van der Waals surface area contributed by atoms with E-state index in [4.69, 9.17) is 14.2 Å². The molecular weight excluding hydrogens is 845 g/mol. The summed E-state index contributed by atoms with van der Waals surface area (Å²) in [5.74, 6) is -0.00431. The fourth-order valence-corrected chi connectivity index (χ4v) is 9.44. The lowest BCUT2D eigenvalue weighted by Gasteiger charge is -2.27. The van der Waals surface area contributed by atoms with Crippen LogP contribution in [-0.2, 0) is 23.8 Å². The van der Waals surface area contributed by atoms with Crippen molar-refractivity contribution in [2.45, 2.75) is 335 Å². The van der Waals surface area contributed by atoms with Crippen molar-refractivity contribution in [2.24, 2.45) is 0 Å². The molecule has 68 heavy (non-hydrogen) atoms. The van der Waals surface area contributed by atoms with Gasteiger partial charge in [-0.2, -0.15) is 0 Å². The minimum absolute atomic E-state index is 0.00216. The van der Waals surface area contributed by atoms with Gasteiger partial charge in [0.2, 0.25) is 0 Å². The fourth-order valence-electron chi connectivity index (χ4n) is 9.44. The summed E-state index contributed by atoms with van der Waals surface area (Å²) in [5, 5.41) is 0.